The van der Waals surface area contributed by atoms with Gasteiger partial charge >= 0.3 is 6.36 Å². The lowest BCUT2D eigenvalue weighted by molar-refractivity contribution is -0.345. The Morgan fingerprint density at radius 2 is 1.94 bits per heavy atom. The molecule has 1 amide bonds. The second kappa shape index (κ2) is 9.40. The van der Waals surface area contributed by atoms with Gasteiger partial charge in [-0.2, -0.15) is 0 Å². The number of alkyl halides is 3. The standard InChI is InChI=1S/C22H21F3N2O4S2/c23-22(24,25)31-16-2-1-3-18(11-16)33(29,30)17-6-4-14(5-7-17)12-27-21(28)19-10-15-8-9-26-13-20(15)32-19/h4-10,13,16,18H,1-3,11-12H2,(H,27,28). The summed E-state index contributed by atoms with van der Waals surface area (Å²) in [5.74, 6) is -0.245. The molecule has 0 aliphatic heterocycles. The van der Waals surface area contributed by atoms with Crippen LogP contribution in [0.3, 0.4) is 0 Å². The van der Waals surface area contributed by atoms with Crippen LogP contribution < -0.4 is 5.32 Å². The van der Waals surface area contributed by atoms with E-state index in [0.29, 0.717) is 23.3 Å². The van der Waals surface area contributed by atoms with Crippen LogP contribution in [0, 0.1) is 0 Å². The van der Waals surface area contributed by atoms with Gasteiger partial charge in [0.25, 0.3) is 5.91 Å². The number of ether oxygens (including phenoxy) is 1. The molecule has 3 aromatic rings. The minimum Gasteiger partial charge on any atom is -0.347 e. The van der Waals surface area contributed by atoms with Gasteiger partial charge in [-0.3, -0.25) is 14.5 Å². The molecule has 2 unspecified atom stereocenters. The average Bonchev–Trinajstić information content (AvgIpc) is 3.21. The second-order valence-electron chi connectivity index (χ2n) is 7.87. The quantitative estimate of drug-likeness (QED) is 0.525. The van der Waals surface area contributed by atoms with Crippen molar-refractivity contribution in [2.45, 2.75) is 54.8 Å². The molecule has 1 aromatic carbocycles. The number of benzene rings is 1. The Morgan fingerprint density at radius 3 is 2.64 bits per heavy atom. The van der Waals surface area contributed by atoms with Gasteiger partial charge in [0.1, 0.15) is 0 Å². The van der Waals surface area contributed by atoms with Crippen molar-refractivity contribution in [3.8, 4) is 0 Å². The Balaban J connectivity index is 1.38. The number of sulfone groups is 1. The molecule has 2 aromatic heterocycles. The predicted octanol–water partition coefficient (Wildman–Crippen LogP) is 4.85. The zero-order valence-corrected chi connectivity index (χ0v) is 19.0. The fourth-order valence-corrected chi connectivity index (χ4v) is 6.73. The fraction of sp³-hybridized carbons (Fsp3) is 0.364. The first kappa shape index (κ1) is 23.7. The van der Waals surface area contributed by atoms with Gasteiger partial charge in [0, 0.05) is 18.9 Å². The molecule has 1 N–H and O–H groups in total. The maximum Gasteiger partial charge on any atom is 0.522 e. The third kappa shape index (κ3) is 5.71. The summed E-state index contributed by atoms with van der Waals surface area (Å²) in [6, 6.07) is 9.65. The maximum absolute atomic E-state index is 12.9. The second-order valence-corrected chi connectivity index (χ2v) is 11.2. The van der Waals surface area contributed by atoms with Crippen molar-refractivity contribution < 1.29 is 31.1 Å². The molecule has 4 rings (SSSR count). The van der Waals surface area contributed by atoms with Crippen molar-refractivity contribution in [2.24, 2.45) is 0 Å². The van der Waals surface area contributed by atoms with E-state index in [0.717, 1.165) is 10.1 Å². The van der Waals surface area contributed by atoms with Crippen LogP contribution in [0.4, 0.5) is 13.2 Å². The third-order valence-corrected chi connectivity index (χ3v) is 8.89. The molecule has 2 atom stereocenters. The number of hydrogen-bond acceptors (Lipinski definition) is 6. The summed E-state index contributed by atoms with van der Waals surface area (Å²) in [5, 5.41) is 2.81. The largest absolute Gasteiger partial charge is 0.522 e. The number of halogens is 3. The first-order valence-corrected chi connectivity index (χ1v) is 12.7. The highest BCUT2D eigenvalue weighted by molar-refractivity contribution is 7.92. The van der Waals surface area contributed by atoms with Gasteiger partial charge < -0.3 is 5.32 Å². The smallest absolute Gasteiger partial charge is 0.347 e. The number of carbonyl (C=O) groups is 1. The summed E-state index contributed by atoms with van der Waals surface area (Å²) in [7, 11) is -3.80. The first-order valence-electron chi connectivity index (χ1n) is 10.3. The summed E-state index contributed by atoms with van der Waals surface area (Å²) in [6.07, 6.45) is -1.95. The number of nitrogens with zero attached hydrogens (tertiary/aromatic N) is 1. The molecule has 1 fully saturated rings. The first-order chi connectivity index (χ1) is 15.6. The molecule has 1 aliphatic carbocycles. The molecule has 1 saturated carbocycles. The summed E-state index contributed by atoms with van der Waals surface area (Å²) < 4.78 is 68.4. The molecule has 0 radical (unpaired) electrons. The average molecular weight is 499 g/mol. The Bertz CT molecular complexity index is 1210. The van der Waals surface area contributed by atoms with Gasteiger partial charge in [0.2, 0.25) is 0 Å². The summed E-state index contributed by atoms with van der Waals surface area (Å²) in [6.45, 7) is 0.205. The highest BCUT2D eigenvalue weighted by Crippen LogP contribution is 2.33. The molecular formula is C22H21F3N2O4S2. The number of aromatic nitrogens is 1. The predicted molar refractivity (Wildman–Crippen MR) is 118 cm³/mol. The molecular weight excluding hydrogens is 477 g/mol. The molecule has 6 nitrogen and oxygen atoms in total. The Hall–Kier alpha value is -2.50. The zero-order valence-electron chi connectivity index (χ0n) is 17.3. The number of nitrogens with one attached hydrogen (secondary N) is 1. The van der Waals surface area contributed by atoms with Crippen molar-refractivity contribution >= 4 is 37.2 Å². The van der Waals surface area contributed by atoms with Crippen LogP contribution in [-0.2, 0) is 21.1 Å². The van der Waals surface area contributed by atoms with Crippen LogP contribution in [-0.4, -0.2) is 37.0 Å². The van der Waals surface area contributed by atoms with Crippen molar-refractivity contribution in [1.82, 2.24) is 10.3 Å². The lowest BCUT2D eigenvalue weighted by Crippen LogP contribution is -2.35. The van der Waals surface area contributed by atoms with E-state index in [1.807, 2.05) is 6.07 Å². The van der Waals surface area contributed by atoms with Crippen LogP contribution in [0.5, 0.6) is 0 Å². The van der Waals surface area contributed by atoms with Crippen molar-refractivity contribution in [3.63, 3.8) is 0 Å². The zero-order chi connectivity index (χ0) is 23.6. The van der Waals surface area contributed by atoms with Gasteiger partial charge in [0.15, 0.2) is 9.84 Å². The van der Waals surface area contributed by atoms with Crippen molar-refractivity contribution in [2.75, 3.05) is 0 Å². The van der Waals surface area contributed by atoms with Crippen LogP contribution in [0.1, 0.15) is 40.9 Å². The van der Waals surface area contributed by atoms with Gasteiger partial charge in [-0.15, -0.1) is 24.5 Å². The van der Waals surface area contributed by atoms with Gasteiger partial charge in [0.05, 0.1) is 25.8 Å². The number of thiophene rings is 1. The van der Waals surface area contributed by atoms with Crippen LogP contribution >= 0.6 is 11.3 Å². The third-order valence-electron chi connectivity index (χ3n) is 5.57. The highest BCUT2D eigenvalue weighted by atomic mass is 32.2. The van der Waals surface area contributed by atoms with Crippen LogP contribution in [0.15, 0.2) is 53.7 Å². The number of amides is 1. The lowest BCUT2D eigenvalue weighted by atomic mass is 9.97. The summed E-state index contributed by atoms with van der Waals surface area (Å²) in [4.78, 5) is 17.1. The number of hydrogen-bond donors (Lipinski definition) is 1. The van der Waals surface area contributed by atoms with Gasteiger partial charge in [-0.05, 0) is 60.9 Å². The highest BCUT2D eigenvalue weighted by Gasteiger charge is 2.39. The number of fused-ring (bicyclic) bond motifs is 1. The Labute approximate surface area is 192 Å². The lowest BCUT2D eigenvalue weighted by Gasteiger charge is -2.29. The summed E-state index contributed by atoms with van der Waals surface area (Å²) >= 11 is 1.33. The molecule has 0 saturated heterocycles. The molecule has 2 heterocycles. The van der Waals surface area contributed by atoms with E-state index in [1.54, 1.807) is 30.6 Å². The SMILES string of the molecule is O=C(NCc1ccc(S(=O)(=O)C2CCCC(OC(F)(F)F)C2)cc1)c1cc2ccncc2s1. The van der Waals surface area contributed by atoms with E-state index in [4.69, 9.17) is 0 Å². The Kier molecular flexibility index (Phi) is 6.73. The molecule has 11 heteroatoms. The van der Waals surface area contributed by atoms with Crippen molar-refractivity contribution in [1.29, 1.82) is 0 Å². The Morgan fingerprint density at radius 1 is 1.18 bits per heavy atom. The van der Waals surface area contributed by atoms with Gasteiger partial charge in [-0.25, -0.2) is 8.42 Å². The molecule has 1 aliphatic rings. The van der Waals surface area contributed by atoms with E-state index in [9.17, 15) is 26.4 Å². The topological polar surface area (TPSA) is 85.4 Å². The number of rotatable bonds is 6. The minimum absolute atomic E-state index is 0.0484. The van der Waals surface area contributed by atoms with E-state index in [2.05, 4.69) is 15.0 Å². The maximum atomic E-state index is 12.9. The minimum atomic E-state index is -4.78. The number of carbonyl (C=O) groups excluding carboxylic acids is 1. The monoisotopic (exact) mass is 498 g/mol. The van der Waals surface area contributed by atoms with E-state index < -0.39 is 27.6 Å². The van der Waals surface area contributed by atoms with E-state index in [1.165, 1.54) is 23.5 Å². The molecule has 176 valence electrons. The molecule has 33 heavy (non-hydrogen) atoms. The number of pyridine rings is 1. The fourth-order valence-electron chi connectivity index (χ4n) is 3.94. The van der Waals surface area contributed by atoms with Crippen molar-refractivity contribution in [3.05, 3.63) is 59.2 Å². The van der Waals surface area contributed by atoms with Crippen LogP contribution in [0.2, 0.25) is 0 Å². The summed E-state index contributed by atoms with van der Waals surface area (Å²) in [5.41, 5.74) is 0.701. The van der Waals surface area contributed by atoms with E-state index in [-0.39, 0.29) is 30.2 Å². The molecule has 0 spiro atoms. The molecule has 0 bridgehead atoms. The van der Waals surface area contributed by atoms with E-state index >= 15 is 0 Å². The normalized spacial score (nSPS) is 19.5. The van der Waals surface area contributed by atoms with Gasteiger partial charge in [-0.1, -0.05) is 12.1 Å². The van der Waals surface area contributed by atoms with Crippen LogP contribution in [0.25, 0.3) is 10.1 Å².